The molecular weight excluding hydrogens is 386 g/mol. The Balaban J connectivity index is 1.80. The maximum atomic E-state index is 12.6. The fourth-order valence-electron chi connectivity index (χ4n) is 2.34. The first kappa shape index (κ1) is 18.9. The molecule has 2 N–H and O–H groups in total. The third kappa shape index (κ3) is 4.84. The van der Waals surface area contributed by atoms with Crippen molar-refractivity contribution >= 4 is 33.2 Å². The summed E-state index contributed by atoms with van der Waals surface area (Å²) in [5.74, 6) is -0.423. The molecule has 0 bridgehead atoms. The van der Waals surface area contributed by atoms with Crippen molar-refractivity contribution in [3.05, 3.63) is 89.2 Å². The number of sulfonamides is 1. The molecule has 1 aromatic heterocycles. The summed E-state index contributed by atoms with van der Waals surface area (Å²) < 4.78 is 27.7. The minimum atomic E-state index is -3.94. The van der Waals surface area contributed by atoms with Gasteiger partial charge >= 0.3 is 0 Å². The summed E-state index contributed by atoms with van der Waals surface area (Å²) in [5, 5.41) is 2.73. The minimum absolute atomic E-state index is 0.0275. The Bertz CT molecular complexity index is 1040. The van der Waals surface area contributed by atoms with Gasteiger partial charge in [-0.3, -0.25) is 14.5 Å². The molecule has 1 amide bonds. The summed E-state index contributed by atoms with van der Waals surface area (Å²) in [6, 6.07) is 17.9. The molecule has 1 heterocycles. The molecule has 3 rings (SSSR count). The van der Waals surface area contributed by atoms with Crippen molar-refractivity contribution in [3.63, 3.8) is 0 Å². The van der Waals surface area contributed by atoms with E-state index >= 15 is 0 Å². The summed E-state index contributed by atoms with van der Waals surface area (Å²) in [6.45, 7) is 0.229. The molecule has 3 aromatic rings. The van der Waals surface area contributed by atoms with E-state index in [2.05, 4.69) is 15.0 Å². The Hall–Kier alpha value is -2.90. The Kier molecular flexibility index (Phi) is 5.73. The van der Waals surface area contributed by atoms with Crippen LogP contribution in [0.3, 0.4) is 0 Å². The molecule has 0 unspecified atom stereocenters. The van der Waals surface area contributed by atoms with Crippen LogP contribution >= 0.6 is 11.6 Å². The normalized spacial score (nSPS) is 11.0. The Morgan fingerprint density at radius 1 is 1.00 bits per heavy atom. The number of carbonyl (C=O) groups excluding carboxylic acids is 1. The largest absolute Gasteiger partial charge is 0.346 e. The monoisotopic (exact) mass is 401 g/mol. The number of halogens is 1. The van der Waals surface area contributed by atoms with E-state index in [9.17, 15) is 13.2 Å². The number of anilines is 1. The molecule has 0 fully saturated rings. The molecule has 0 atom stereocenters. The lowest BCUT2D eigenvalue weighted by molar-refractivity contribution is 0.0950. The number of aromatic nitrogens is 1. The van der Waals surface area contributed by atoms with Crippen LogP contribution in [0, 0.1) is 0 Å². The van der Waals surface area contributed by atoms with Crippen molar-refractivity contribution in [3.8, 4) is 0 Å². The first-order chi connectivity index (χ1) is 13.0. The van der Waals surface area contributed by atoms with Crippen molar-refractivity contribution in [2.24, 2.45) is 0 Å². The highest BCUT2D eigenvalue weighted by atomic mass is 35.5. The fourth-order valence-corrected chi connectivity index (χ4v) is 3.93. The predicted molar refractivity (Wildman–Crippen MR) is 104 cm³/mol. The standard InChI is InChI=1S/C19H16ClN3O3S/c20-17-10-9-14(19(24)22-13-16-8-4-5-11-21-16)12-18(17)27(25,26)23-15-6-2-1-3-7-15/h1-12,23H,13H2,(H,22,24). The van der Waals surface area contributed by atoms with Gasteiger partial charge in [-0.1, -0.05) is 35.9 Å². The number of benzene rings is 2. The van der Waals surface area contributed by atoms with E-state index in [1.807, 2.05) is 6.07 Å². The molecule has 0 aliphatic rings. The zero-order chi connectivity index (χ0) is 19.3. The van der Waals surface area contributed by atoms with Gasteiger partial charge in [0.05, 0.1) is 17.3 Å². The van der Waals surface area contributed by atoms with Gasteiger partial charge in [-0.25, -0.2) is 8.42 Å². The van der Waals surface area contributed by atoms with Crippen LogP contribution in [0.15, 0.2) is 77.8 Å². The first-order valence-electron chi connectivity index (χ1n) is 8.01. The SMILES string of the molecule is O=C(NCc1ccccn1)c1ccc(Cl)c(S(=O)(=O)Nc2ccccc2)c1. The summed E-state index contributed by atoms with van der Waals surface area (Å²) in [4.78, 5) is 16.3. The van der Waals surface area contributed by atoms with Gasteiger partial charge in [0.25, 0.3) is 15.9 Å². The summed E-state index contributed by atoms with van der Waals surface area (Å²) in [7, 11) is -3.94. The summed E-state index contributed by atoms with van der Waals surface area (Å²) in [5.41, 5.74) is 1.28. The molecule has 0 saturated heterocycles. The summed E-state index contributed by atoms with van der Waals surface area (Å²) >= 11 is 6.06. The number of carbonyl (C=O) groups is 1. The number of hydrogen-bond donors (Lipinski definition) is 2. The van der Waals surface area contributed by atoms with E-state index in [4.69, 9.17) is 11.6 Å². The Morgan fingerprint density at radius 2 is 1.74 bits per heavy atom. The van der Waals surface area contributed by atoms with Crippen LogP contribution in [0.1, 0.15) is 16.1 Å². The number of rotatable bonds is 6. The van der Waals surface area contributed by atoms with Crippen LogP contribution in [0.25, 0.3) is 0 Å². The van der Waals surface area contributed by atoms with E-state index in [0.717, 1.165) is 0 Å². The van der Waals surface area contributed by atoms with Crippen LogP contribution in [0.2, 0.25) is 5.02 Å². The van der Waals surface area contributed by atoms with Gasteiger partial charge in [0, 0.05) is 17.4 Å². The van der Waals surface area contributed by atoms with Gasteiger partial charge in [0.1, 0.15) is 4.90 Å². The highest BCUT2D eigenvalue weighted by Gasteiger charge is 2.20. The second kappa shape index (κ2) is 8.20. The van der Waals surface area contributed by atoms with Gasteiger partial charge in [-0.2, -0.15) is 0 Å². The van der Waals surface area contributed by atoms with Gasteiger partial charge in [0.15, 0.2) is 0 Å². The molecule has 0 saturated carbocycles. The van der Waals surface area contributed by atoms with Crippen molar-refractivity contribution in [1.29, 1.82) is 0 Å². The lowest BCUT2D eigenvalue weighted by Gasteiger charge is -2.11. The molecule has 0 aliphatic heterocycles. The van der Waals surface area contributed by atoms with E-state index < -0.39 is 15.9 Å². The van der Waals surface area contributed by atoms with Gasteiger partial charge in [-0.05, 0) is 42.5 Å². The molecule has 138 valence electrons. The highest BCUT2D eigenvalue weighted by molar-refractivity contribution is 7.92. The lowest BCUT2D eigenvalue weighted by atomic mass is 10.2. The second-order valence-electron chi connectivity index (χ2n) is 5.62. The minimum Gasteiger partial charge on any atom is -0.346 e. The maximum absolute atomic E-state index is 12.6. The van der Waals surface area contributed by atoms with Crippen molar-refractivity contribution < 1.29 is 13.2 Å². The second-order valence-corrected chi connectivity index (χ2v) is 7.68. The molecule has 27 heavy (non-hydrogen) atoms. The van der Waals surface area contributed by atoms with Gasteiger partial charge in [0.2, 0.25) is 0 Å². The third-order valence-electron chi connectivity index (χ3n) is 3.67. The molecule has 0 radical (unpaired) electrons. The van der Waals surface area contributed by atoms with Crippen LogP contribution in [-0.4, -0.2) is 19.3 Å². The zero-order valence-electron chi connectivity index (χ0n) is 14.1. The van der Waals surface area contributed by atoms with Gasteiger partial charge in [-0.15, -0.1) is 0 Å². The number of pyridine rings is 1. The number of amides is 1. The zero-order valence-corrected chi connectivity index (χ0v) is 15.7. The molecule has 2 aromatic carbocycles. The topological polar surface area (TPSA) is 88.2 Å². The third-order valence-corrected chi connectivity index (χ3v) is 5.53. The average Bonchev–Trinajstić information content (AvgIpc) is 2.67. The van der Waals surface area contributed by atoms with E-state index in [-0.39, 0.29) is 22.0 Å². The summed E-state index contributed by atoms with van der Waals surface area (Å²) in [6.07, 6.45) is 1.63. The average molecular weight is 402 g/mol. The van der Waals surface area contributed by atoms with Crippen LogP contribution in [0.4, 0.5) is 5.69 Å². The number of nitrogens with zero attached hydrogens (tertiary/aromatic N) is 1. The Morgan fingerprint density at radius 3 is 2.44 bits per heavy atom. The Labute approximate surface area is 162 Å². The molecular formula is C19H16ClN3O3S. The van der Waals surface area contributed by atoms with Crippen LogP contribution < -0.4 is 10.0 Å². The van der Waals surface area contributed by atoms with Crippen molar-refractivity contribution in [1.82, 2.24) is 10.3 Å². The first-order valence-corrected chi connectivity index (χ1v) is 9.87. The van der Waals surface area contributed by atoms with E-state index in [0.29, 0.717) is 11.4 Å². The van der Waals surface area contributed by atoms with Crippen molar-refractivity contribution in [2.75, 3.05) is 4.72 Å². The van der Waals surface area contributed by atoms with Crippen LogP contribution in [-0.2, 0) is 16.6 Å². The van der Waals surface area contributed by atoms with Crippen molar-refractivity contribution in [2.45, 2.75) is 11.4 Å². The van der Waals surface area contributed by atoms with Crippen LogP contribution in [0.5, 0.6) is 0 Å². The van der Waals surface area contributed by atoms with E-state index in [1.54, 1.807) is 48.7 Å². The predicted octanol–water partition coefficient (Wildman–Crippen LogP) is 3.47. The van der Waals surface area contributed by atoms with E-state index in [1.165, 1.54) is 18.2 Å². The lowest BCUT2D eigenvalue weighted by Crippen LogP contribution is -2.24. The van der Waals surface area contributed by atoms with Gasteiger partial charge < -0.3 is 5.32 Å². The molecule has 6 nitrogen and oxygen atoms in total. The quantitative estimate of drug-likeness (QED) is 0.662. The fraction of sp³-hybridized carbons (Fsp3) is 0.0526. The number of hydrogen-bond acceptors (Lipinski definition) is 4. The maximum Gasteiger partial charge on any atom is 0.263 e. The smallest absolute Gasteiger partial charge is 0.263 e. The molecule has 0 spiro atoms. The molecule has 0 aliphatic carbocycles. The number of para-hydroxylation sites is 1. The molecule has 8 heteroatoms. The number of nitrogens with one attached hydrogen (secondary N) is 2. The highest BCUT2D eigenvalue weighted by Crippen LogP contribution is 2.25.